The number of para-hydroxylation sites is 2. The van der Waals surface area contributed by atoms with Gasteiger partial charge in [-0.05, 0) is 31.2 Å². The Labute approximate surface area is 183 Å². The van der Waals surface area contributed by atoms with Gasteiger partial charge in [0.2, 0.25) is 5.75 Å². The molecule has 3 rings (SSSR count). The summed E-state index contributed by atoms with van der Waals surface area (Å²) < 4.78 is 28.1. The Morgan fingerprint density at radius 1 is 0.935 bits per heavy atom. The molecule has 7 heteroatoms. The van der Waals surface area contributed by atoms with Crippen LogP contribution in [0.25, 0.3) is 0 Å². The number of amides is 1. The van der Waals surface area contributed by atoms with Crippen LogP contribution in [-0.4, -0.2) is 64.0 Å². The van der Waals surface area contributed by atoms with E-state index in [2.05, 4.69) is 0 Å². The molecule has 1 fully saturated rings. The molecule has 1 amide bonds. The van der Waals surface area contributed by atoms with Crippen molar-refractivity contribution in [2.75, 3.05) is 47.1 Å². The lowest BCUT2D eigenvalue weighted by atomic mass is 10.1. The highest BCUT2D eigenvalue weighted by Crippen LogP contribution is 2.38. The quantitative estimate of drug-likeness (QED) is 0.535. The summed E-state index contributed by atoms with van der Waals surface area (Å²) in [5.41, 5.74) is 0.574. The first kappa shape index (κ1) is 22.7. The van der Waals surface area contributed by atoms with Crippen LogP contribution < -0.4 is 18.9 Å². The summed E-state index contributed by atoms with van der Waals surface area (Å²) >= 11 is 0. The fourth-order valence-corrected chi connectivity index (χ4v) is 3.57. The molecular weight excluding hydrogens is 398 g/mol. The van der Waals surface area contributed by atoms with E-state index in [4.69, 9.17) is 23.7 Å². The summed E-state index contributed by atoms with van der Waals surface area (Å²) in [6.45, 7) is 4.70. The number of nitrogens with zero attached hydrogens (tertiary/aromatic N) is 1. The molecule has 7 nitrogen and oxygen atoms in total. The number of methoxy groups -OCH3 is 2. The molecule has 0 unspecified atom stereocenters. The van der Waals surface area contributed by atoms with Gasteiger partial charge in [0.15, 0.2) is 11.5 Å². The van der Waals surface area contributed by atoms with Crippen molar-refractivity contribution in [2.24, 2.45) is 0 Å². The van der Waals surface area contributed by atoms with Gasteiger partial charge in [0.1, 0.15) is 18.5 Å². The van der Waals surface area contributed by atoms with Crippen LogP contribution in [0, 0.1) is 0 Å². The Morgan fingerprint density at radius 2 is 1.58 bits per heavy atom. The molecule has 0 aliphatic carbocycles. The average Bonchev–Trinajstić information content (AvgIpc) is 2.82. The van der Waals surface area contributed by atoms with E-state index >= 15 is 0 Å². The third-order valence-corrected chi connectivity index (χ3v) is 5.20. The van der Waals surface area contributed by atoms with Crippen molar-refractivity contribution >= 4 is 5.91 Å². The lowest BCUT2D eigenvalue weighted by Crippen LogP contribution is -2.42. The summed E-state index contributed by atoms with van der Waals surface area (Å²) in [4.78, 5) is 15.0. The smallest absolute Gasteiger partial charge is 0.257 e. The fraction of sp³-hybridized carbons (Fsp3) is 0.458. The number of hydrogen-bond acceptors (Lipinski definition) is 6. The molecule has 168 valence electrons. The van der Waals surface area contributed by atoms with Gasteiger partial charge in [-0.2, -0.15) is 0 Å². The topological polar surface area (TPSA) is 66.5 Å². The highest BCUT2D eigenvalue weighted by molar-refractivity contribution is 5.97. The first-order valence-electron chi connectivity index (χ1n) is 10.6. The van der Waals surface area contributed by atoms with Crippen LogP contribution in [0.1, 0.15) is 30.1 Å². The maximum Gasteiger partial charge on any atom is 0.257 e. The number of piperidine rings is 1. The minimum absolute atomic E-state index is 0.0214. The van der Waals surface area contributed by atoms with Crippen molar-refractivity contribution in [1.82, 2.24) is 4.90 Å². The van der Waals surface area contributed by atoms with Crippen LogP contribution in [-0.2, 0) is 4.74 Å². The molecule has 31 heavy (non-hydrogen) atoms. The van der Waals surface area contributed by atoms with Crippen molar-refractivity contribution in [3.05, 3.63) is 48.0 Å². The lowest BCUT2D eigenvalue weighted by Gasteiger charge is -2.33. The number of rotatable bonds is 10. The largest absolute Gasteiger partial charge is 0.493 e. The van der Waals surface area contributed by atoms with E-state index in [9.17, 15) is 4.79 Å². The normalized spacial score (nSPS) is 14.2. The summed E-state index contributed by atoms with van der Waals surface area (Å²) in [7, 11) is 3.22. The minimum atomic E-state index is -0.0275. The van der Waals surface area contributed by atoms with E-state index in [0.717, 1.165) is 12.8 Å². The molecule has 1 aliphatic heterocycles. The molecule has 2 aromatic rings. The molecule has 1 aliphatic rings. The van der Waals surface area contributed by atoms with Crippen LogP contribution in [0.2, 0.25) is 0 Å². The summed E-state index contributed by atoms with van der Waals surface area (Å²) in [6, 6.07) is 12.9. The van der Waals surface area contributed by atoms with E-state index in [1.807, 2.05) is 48.2 Å². The molecule has 1 saturated heterocycles. The van der Waals surface area contributed by atoms with Gasteiger partial charge < -0.3 is 28.6 Å². The van der Waals surface area contributed by atoms with Gasteiger partial charge in [-0.1, -0.05) is 18.2 Å². The van der Waals surface area contributed by atoms with E-state index < -0.39 is 0 Å². The number of ether oxygens (including phenoxy) is 5. The van der Waals surface area contributed by atoms with Gasteiger partial charge in [-0.25, -0.2) is 0 Å². The number of carbonyl (C=O) groups excluding carboxylic acids is 1. The summed E-state index contributed by atoms with van der Waals surface area (Å²) in [5, 5.41) is 0. The van der Waals surface area contributed by atoms with E-state index in [1.165, 1.54) is 0 Å². The minimum Gasteiger partial charge on any atom is -0.493 e. The maximum absolute atomic E-state index is 13.1. The Bertz CT molecular complexity index is 825. The van der Waals surface area contributed by atoms with Gasteiger partial charge in [-0.3, -0.25) is 4.79 Å². The highest BCUT2D eigenvalue weighted by Gasteiger charge is 2.27. The second-order valence-electron chi connectivity index (χ2n) is 7.14. The monoisotopic (exact) mass is 429 g/mol. The number of benzene rings is 2. The molecule has 0 saturated carbocycles. The Balaban J connectivity index is 1.60. The van der Waals surface area contributed by atoms with E-state index in [0.29, 0.717) is 61.5 Å². The predicted molar refractivity (Wildman–Crippen MR) is 118 cm³/mol. The predicted octanol–water partition coefficient (Wildman–Crippen LogP) is 3.80. The zero-order chi connectivity index (χ0) is 22.1. The maximum atomic E-state index is 13.1. The Kier molecular flexibility index (Phi) is 8.41. The summed E-state index contributed by atoms with van der Waals surface area (Å²) in [5.74, 6) is 2.43. The lowest BCUT2D eigenvalue weighted by molar-refractivity contribution is 0.0578. The van der Waals surface area contributed by atoms with Crippen LogP contribution in [0.5, 0.6) is 23.0 Å². The van der Waals surface area contributed by atoms with Gasteiger partial charge in [-0.15, -0.1) is 0 Å². The van der Waals surface area contributed by atoms with Gasteiger partial charge in [0.25, 0.3) is 5.91 Å². The number of carbonyl (C=O) groups is 1. The van der Waals surface area contributed by atoms with Crippen molar-refractivity contribution in [2.45, 2.75) is 25.9 Å². The third-order valence-electron chi connectivity index (χ3n) is 5.20. The van der Waals surface area contributed by atoms with Crippen molar-refractivity contribution in [3.63, 3.8) is 0 Å². The molecule has 0 radical (unpaired) electrons. The molecule has 0 N–H and O–H groups in total. The van der Waals surface area contributed by atoms with Crippen LogP contribution in [0.15, 0.2) is 42.5 Å². The number of hydrogen-bond donors (Lipinski definition) is 0. The first-order valence-corrected chi connectivity index (χ1v) is 10.6. The van der Waals surface area contributed by atoms with Gasteiger partial charge in [0, 0.05) is 32.5 Å². The molecular formula is C24H31NO6. The average molecular weight is 430 g/mol. The SMILES string of the molecule is CCOCCOc1ccccc1C(=O)N1CCC(Oc2c(OC)cccc2OC)CC1. The molecule has 0 spiro atoms. The molecule has 0 atom stereocenters. The third kappa shape index (κ3) is 5.82. The zero-order valence-electron chi connectivity index (χ0n) is 18.5. The summed E-state index contributed by atoms with van der Waals surface area (Å²) in [6.07, 6.45) is 1.42. The Hall–Kier alpha value is -2.93. The zero-order valence-corrected chi connectivity index (χ0v) is 18.5. The van der Waals surface area contributed by atoms with Gasteiger partial charge in [0.05, 0.1) is 26.4 Å². The molecule has 0 bridgehead atoms. The molecule has 2 aromatic carbocycles. The number of likely N-dealkylation sites (tertiary alicyclic amines) is 1. The standard InChI is InChI=1S/C24H31NO6/c1-4-29-16-17-30-20-9-6-5-8-19(20)24(26)25-14-12-18(13-15-25)31-23-21(27-2)10-7-11-22(23)28-3/h5-11,18H,4,12-17H2,1-3H3. The van der Waals surface area contributed by atoms with Crippen LogP contribution >= 0.6 is 0 Å². The van der Waals surface area contributed by atoms with E-state index in [-0.39, 0.29) is 12.0 Å². The Morgan fingerprint density at radius 3 is 2.23 bits per heavy atom. The van der Waals surface area contributed by atoms with E-state index in [1.54, 1.807) is 20.3 Å². The second kappa shape index (κ2) is 11.5. The molecule has 1 heterocycles. The fourth-order valence-electron chi connectivity index (χ4n) is 3.57. The first-order chi connectivity index (χ1) is 15.2. The van der Waals surface area contributed by atoms with Crippen molar-refractivity contribution < 1.29 is 28.5 Å². The van der Waals surface area contributed by atoms with Crippen molar-refractivity contribution in [3.8, 4) is 23.0 Å². The van der Waals surface area contributed by atoms with Gasteiger partial charge >= 0.3 is 0 Å². The molecule has 0 aromatic heterocycles. The van der Waals surface area contributed by atoms with Crippen LogP contribution in [0.4, 0.5) is 0 Å². The van der Waals surface area contributed by atoms with Crippen molar-refractivity contribution in [1.29, 1.82) is 0 Å². The second-order valence-corrected chi connectivity index (χ2v) is 7.14. The highest BCUT2D eigenvalue weighted by atomic mass is 16.5. The van der Waals surface area contributed by atoms with Crippen LogP contribution in [0.3, 0.4) is 0 Å².